The first-order chi connectivity index (χ1) is 13.6. The van der Waals surface area contributed by atoms with Gasteiger partial charge in [0.2, 0.25) is 0 Å². The highest BCUT2D eigenvalue weighted by Gasteiger charge is 2.20. The van der Waals surface area contributed by atoms with E-state index in [1.54, 1.807) is 0 Å². The van der Waals surface area contributed by atoms with Crippen molar-refractivity contribution in [3.05, 3.63) is 48.0 Å². The van der Waals surface area contributed by atoms with Gasteiger partial charge in [0.15, 0.2) is 0 Å². The summed E-state index contributed by atoms with van der Waals surface area (Å²) in [4.78, 5) is 26.9. The summed E-state index contributed by atoms with van der Waals surface area (Å²) in [5, 5.41) is 14.7. The Balaban J connectivity index is 1.34. The van der Waals surface area contributed by atoms with Crippen LogP contribution >= 0.6 is 0 Å². The van der Waals surface area contributed by atoms with Crippen LogP contribution in [0, 0.1) is 0 Å². The van der Waals surface area contributed by atoms with E-state index >= 15 is 0 Å². The van der Waals surface area contributed by atoms with E-state index in [9.17, 15) is 9.59 Å². The third kappa shape index (κ3) is 3.80. The Kier molecular flexibility index (Phi) is 4.92. The van der Waals surface area contributed by atoms with E-state index in [1.165, 1.54) is 4.90 Å². The summed E-state index contributed by atoms with van der Waals surface area (Å²) in [5.41, 5.74) is 3.45. The van der Waals surface area contributed by atoms with Crippen LogP contribution < -0.4 is 20.3 Å². The summed E-state index contributed by atoms with van der Waals surface area (Å²) in [6.45, 7) is 2.91. The molecule has 8 heteroatoms. The highest BCUT2D eigenvalue weighted by Crippen LogP contribution is 2.33. The maximum absolute atomic E-state index is 12.3. The van der Waals surface area contributed by atoms with Gasteiger partial charge in [-0.25, -0.2) is 9.59 Å². The maximum atomic E-state index is 12.3. The zero-order chi connectivity index (χ0) is 19.5. The molecule has 0 unspecified atom stereocenters. The number of nitrogens with zero attached hydrogens (tertiary/aromatic N) is 2. The number of rotatable bonds is 3. The molecule has 3 N–H and O–H groups in total. The molecule has 0 aromatic heterocycles. The highest BCUT2D eigenvalue weighted by atomic mass is 16.5. The van der Waals surface area contributed by atoms with Crippen LogP contribution in [0.3, 0.4) is 0 Å². The minimum absolute atomic E-state index is 0.327. The first-order valence-electron chi connectivity index (χ1n) is 9.26. The number of amides is 3. The predicted molar refractivity (Wildman–Crippen MR) is 107 cm³/mol. The number of anilines is 3. The lowest BCUT2D eigenvalue weighted by atomic mass is 10.1. The molecule has 2 aliphatic rings. The van der Waals surface area contributed by atoms with Gasteiger partial charge in [0, 0.05) is 44.0 Å². The molecule has 146 valence electrons. The van der Waals surface area contributed by atoms with E-state index in [-0.39, 0.29) is 6.03 Å². The quantitative estimate of drug-likeness (QED) is 0.759. The number of urea groups is 1. The number of nitrogens with one attached hydrogen (secondary N) is 2. The minimum Gasteiger partial charge on any atom is -0.491 e. The number of piperazine rings is 1. The fourth-order valence-electron chi connectivity index (χ4n) is 3.51. The Morgan fingerprint density at radius 1 is 0.964 bits per heavy atom. The van der Waals surface area contributed by atoms with Crippen molar-refractivity contribution in [1.29, 1.82) is 0 Å². The second-order valence-corrected chi connectivity index (χ2v) is 6.77. The molecule has 2 aromatic carbocycles. The summed E-state index contributed by atoms with van der Waals surface area (Å²) in [6, 6.07) is 12.9. The standard InChI is InChI=1S/C20H22N4O4/c25-19(22-17-3-1-2-14-8-13-28-18(14)17)21-15-4-6-16(7-5-15)23-9-11-24(12-10-23)20(26)27/h1-7H,8-13H2,(H,26,27)(H2,21,22,25). The van der Waals surface area contributed by atoms with Gasteiger partial charge in [-0.1, -0.05) is 12.1 Å². The van der Waals surface area contributed by atoms with Gasteiger partial charge in [0.1, 0.15) is 5.75 Å². The number of carboxylic acid groups (broad SMARTS) is 1. The number of hydrogen-bond donors (Lipinski definition) is 3. The van der Waals surface area contributed by atoms with Crippen LogP contribution in [0.4, 0.5) is 26.7 Å². The van der Waals surface area contributed by atoms with E-state index in [0.29, 0.717) is 44.2 Å². The van der Waals surface area contributed by atoms with Crippen molar-refractivity contribution >= 4 is 29.2 Å². The van der Waals surface area contributed by atoms with Crippen molar-refractivity contribution in [3.8, 4) is 5.75 Å². The van der Waals surface area contributed by atoms with E-state index in [4.69, 9.17) is 9.84 Å². The lowest BCUT2D eigenvalue weighted by Crippen LogP contribution is -2.48. The molecule has 0 bridgehead atoms. The number of carbonyl (C=O) groups excluding carboxylic acids is 1. The summed E-state index contributed by atoms with van der Waals surface area (Å²) < 4.78 is 5.60. The zero-order valence-corrected chi connectivity index (χ0v) is 15.4. The van der Waals surface area contributed by atoms with Crippen LogP contribution in [0.15, 0.2) is 42.5 Å². The number of fused-ring (bicyclic) bond motifs is 1. The largest absolute Gasteiger partial charge is 0.491 e. The molecule has 1 saturated heterocycles. The Morgan fingerprint density at radius 3 is 2.43 bits per heavy atom. The van der Waals surface area contributed by atoms with Gasteiger partial charge in [-0.15, -0.1) is 0 Å². The van der Waals surface area contributed by atoms with E-state index < -0.39 is 6.09 Å². The molecular weight excluding hydrogens is 360 g/mol. The van der Waals surface area contributed by atoms with Gasteiger partial charge < -0.3 is 30.3 Å². The Bertz CT molecular complexity index is 876. The molecule has 28 heavy (non-hydrogen) atoms. The number of carbonyl (C=O) groups is 2. The predicted octanol–water partition coefficient (Wildman–Crippen LogP) is 3.07. The average molecular weight is 382 g/mol. The molecule has 0 atom stereocenters. The molecule has 4 rings (SSSR count). The number of hydrogen-bond acceptors (Lipinski definition) is 4. The van der Waals surface area contributed by atoms with Gasteiger partial charge in [-0.3, -0.25) is 0 Å². The van der Waals surface area contributed by atoms with E-state index in [0.717, 1.165) is 23.4 Å². The highest BCUT2D eigenvalue weighted by molar-refractivity contribution is 6.01. The summed E-state index contributed by atoms with van der Waals surface area (Å²) in [5.74, 6) is 0.744. The monoisotopic (exact) mass is 382 g/mol. The van der Waals surface area contributed by atoms with Crippen molar-refractivity contribution in [2.45, 2.75) is 6.42 Å². The SMILES string of the molecule is O=C(Nc1ccc(N2CCN(C(=O)O)CC2)cc1)Nc1cccc2c1OCC2. The number of benzene rings is 2. The fraction of sp³-hybridized carbons (Fsp3) is 0.300. The van der Waals surface area contributed by atoms with Crippen LogP contribution in [-0.2, 0) is 6.42 Å². The molecule has 2 aromatic rings. The van der Waals surface area contributed by atoms with Gasteiger partial charge in [0.05, 0.1) is 12.3 Å². The van der Waals surface area contributed by atoms with Crippen molar-refractivity contribution in [2.75, 3.05) is 48.3 Å². The summed E-state index contributed by atoms with van der Waals surface area (Å²) >= 11 is 0. The molecule has 0 radical (unpaired) electrons. The topological polar surface area (TPSA) is 94.1 Å². The van der Waals surface area contributed by atoms with Crippen molar-refractivity contribution < 1.29 is 19.4 Å². The minimum atomic E-state index is -0.875. The smallest absolute Gasteiger partial charge is 0.407 e. The second kappa shape index (κ2) is 7.67. The third-order valence-corrected chi connectivity index (χ3v) is 5.00. The molecule has 0 spiro atoms. The van der Waals surface area contributed by atoms with E-state index in [2.05, 4.69) is 15.5 Å². The first kappa shape index (κ1) is 18.0. The van der Waals surface area contributed by atoms with Gasteiger partial charge in [0.25, 0.3) is 0 Å². The second-order valence-electron chi connectivity index (χ2n) is 6.77. The fourth-order valence-corrected chi connectivity index (χ4v) is 3.51. The Morgan fingerprint density at radius 2 is 1.71 bits per heavy atom. The Hall–Kier alpha value is -3.42. The molecule has 0 saturated carbocycles. The van der Waals surface area contributed by atoms with Crippen molar-refractivity contribution in [3.63, 3.8) is 0 Å². The third-order valence-electron chi connectivity index (χ3n) is 5.00. The lowest BCUT2D eigenvalue weighted by molar-refractivity contribution is 0.142. The Labute approximate surface area is 162 Å². The zero-order valence-electron chi connectivity index (χ0n) is 15.4. The van der Waals surface area contributed by atoms with Crippen LogP contribution in [0.2, 0.25) is 0 Å². The molecule has 3 amide bonds. The summed E-state index contributed by atoms with van der Waals surface area (Å²) in [7, 11) is 0. The normalized spacial score (nSPS) is 15.6. The molecule has 1 fully saturated rings. The molecular formula is C20H22N4O4. The molecule has 0 aliphatic carbocycles. The summed E-state index contributed by atoms with van der Waals surface area (Å²) in [6.07, 6.45) is -0.0195. The molecule has 2 heterocycles. The number of ether oxygens (including phenoxy) is 1. The van der Waals surface area contributed by atoms with Crippen LogP contribution in [0.5, 0.6) is 5.75 Å². The lowest BCUT2D eigenvalue weighted by Gasteiger charge is -2.34. The van der Waals surface area contributed by atoms with Crippen LogP contribution in [0.25, 0.3) is 0 Å². The molecule has 8 nitrogen and oxygen atoms in total. The van der Waals surface area contributed by atoms with E-state index in [1.807, 2.05) is 42.5 Å². The van der Waals surface area contributed by atoms with Gasteiger partial charge >= 0.3 is 12.1 Å². The molecule has 2 aliphatic heterocycles. The van der Waals surface area contributed by atoms with Gasteiger partial charge in [-0.05, 0) is 35.9 Å². The average Bonchev–Trinajstić information content (AvgIpc) is 3.18. The van der Waals surface area contributed by atoms with Crippen molar-refractivity contribution in [1.82, 2.24) is 4.90 Å². The van der Waals surface area contributed by atoms with Crippen molar-refractivity contribution in [2.24, 2.45) is 0 Å². The van der Waals surface area contributed by atoms with Crippen LogP contribution in [0.1, 0.15) is 5.56 Å². The maximum Gasteiger partial charge on any atom is 0.407 e. The number of para-hydroxylation sites is 1. The van der Waals surface area contributed by atoms with Crippen LogP contribution in [-0.4, -0.2) is 54.9 Å². The first-order valence-corrected chi connectivity index (χ1v) is 9.26. The van der Waals surface area contributed by atoms with Gasteiger partial charge in [-0.2, -0.15) is 0 Å².